The first-order valence-electron chi connectivity index (χ1n) is 6.35. The predicted molar refractivity (Wildman–Crippen MR) is 77.0 cm³/mol. The summed E-state index contributed by atoms with van der Waals surface area (Å²) in [5, 5.41) is 0. The Morgan fingerprint density at radius 3 is 3.05 bits per heavy atom. The fraction of sp³-hybridized carbons (Fsp3) is 0.385. The van der Waals surface area contributed by atoms with Crippen molar-refractivity contribution in [3.63, 3.8) is 0 Å². The number of carbonyl (C=O) groups excluding carboxylic acids is 1. The molecular weight excluding hydrogens is 326 g/mol. The van der Waals surface area contributed by atoms with Crippen LogP contribution in [0.1, 0.15) is 24.9 Å². The summed E-state index contributed by atoms with van der Waals surface area (Å²) in [5.41, 5.74) is 6.78. The van der Waals surface area contributed by atoms with E-state index in [1.807, 2.05) is 19.1 Å². The van der Waals surface area contributed by atoms with Gasteiger partial charge in [-0.3, -0.25) is 0 Å². The van der Waals surface area contributed by atoms with E-state index in [2.05, 4.69) is 20.9 Å². The molecule has 0 radical (unpaired) electrons. The summed E-state index contributed by atoms with van der Waals surface area (Å²) in [6.07, 6.45) is 0.844. The first-order valence-corrected chi connectivity index (χ1v) is 7.14. The van der Waals surface area contributed by atoms with Gasteiger partial charge in [-0.15, -0.1) is 0 Å². The summed E-state index contributed by atoms with van der Waals surface area (Å²) in [4.78, 5) is 17.4. The van der Waals surface area contributed by atoms with Crippen LogP contribution in [0.25, 0.3) is 0 Å². The summed E-state index contributed by atoms with van der Waals surface area (Å²) in [6.45, 7) is 2.82. The summed E-state index contributed by atoms with van der Waals surface area (Å²) in [6, 6.07) is 3.11. The third kappa shape index (κ3) is 2.02. The first-order chi connectivity index (χ1) is 9.61. The molecule has 1 aromatic rings. The topological polar surface area (TPSA) is 77.2 Å². The molecule has 3 rings (SSSR count). The Labute approximate surface area is 124 Å². The Morgan fingerprint density at radius 2 is 2.30 bits per heavy atom. The summed E-state index contributed by atoms with van der Waals surface area (Å²) >= 11 is 3.45. The van der Waals surface area contributed by atoms with Gasteiger partial charge in [0.1, 0.15) is 11.9 Å². The van der Waals surface area contributed by atoms with Crippen molar-refractivity contribution in [3.8, 4) is 11.5 Å². The number of amidine groups is 1. The minimum absolute atomic E-state index is 0.198. The van der Waals surface area contributed by atoms with E-state index in [-0.39, 0.29) is 18.9 Å². The van der Waals surface area contributed by atoms with E-state index >= 15 is 0 Å². The van der Waals surface area contributed by atoms with Crippen molar-refractivity contribution in [3.05, 3.63) is 22.2 Å². The molecule has 0 saturated carbocycles. The number of halogens is 1. The van der Waals surface area contributed by atoms with E-state index in [1.165, 1.54) is 0 Å². The molecule has 2 amide bonds. The van der Waals surface area contributed by atoms with Gasteiger partial charge in [-0.05, 0) is 40.0 Å². The van der Waals surface area contributed by atoms with Crippen LogP contribution in [0.15, 0.2) is 21.6 Å². The number of carbonyl (C=O) groups is 1. The zero-order valence-corrected chi connectivity index (χ0v) is 12.5. The van der Waals surface area contributed by atoms with Gasteiger partial charge in [0.25, 0.3) is 0 Å². The van der Waals surface area contributed by atoms with E-state index in [4.69, 9.17) is 15.2 Å². The van der Waals surface area contributed by atoms with Gasteiger partial charge in [-0.2, -0.15) is 4.99 Å². The summed E-state index contributed by atoms with van der Waals surface area (Å²) < 4.78 is 11.5. The average Bonchev–Trinajstić information content (AvgIpc) is 2.96. The smallest absolute Gasteiger partial charge is 0.346 e. The average molecular weight is 340 g/mol. The van der Waals surface area contributed by atoms with Crippen molar-refractivity contribution in [2.24, 2.45) is 10.7 Å². The molecule has 0 saturated heterocycles. The molecule has 7 heteroatoms. The highest BCUT2D eigenvalue weighted by Gasteiger charge is 2.35. The van der Waals surface area contributed by atoms with Crippen LogP contribution < -0.4 is 15.2 Å². The molecule has 2 N–H and O–H groups in total. The molecule has 0 bridgehead atoms. The van der Waals surface area contributed by atoms with Crippen molar-refractivity contribution in [1.82, 2.24) is 4.90 Å². The van der Waals surface area contributed by atoms with E-state index < -0.39 is 0 Å². The highest BCUT2D eigenvalue weighted by Crippen LogP contribution is 2.42. The number of ether oxygens (including phenoxy) is 2. The molecule has 20 heavy (non-hydrogen) atoms. The SMILES string of the molecule is CCCN1C(=O)N=C(N)C1c1cc(Br)c2c(c1)OCO2. The molecule has 2 heterocycles. The van der Waals surface area contributed by atoms with Crippen molar-refractivity contribution in [2.45, 2.75) is 19.4 Å². The molecule has 2 aliphatic heterocycles. The maximum Gasteiger partial charge on any atom is 0.346 e. The van der Waals surface area contributed by atoms with E-state index in [9.17, 15) is 4.79 Å². The number of benzene rings is 1. The first kappa shape index (κ1) is 13.2. The van der Waals surface area contributed by atoms with Crippen LogP contribution in [0, 0.1) is 0 Å². The monoisotopic (exact) mass is 339 g/mol. The second-order valence-corrected chi connectivity index (χ2v) is 5.51. The third-order valence-corrected chi connectivity index (χ3v) is 3.88. The Morgan fingerprint density at radius 1 is 1.50 bits per heavy atom. The zero-order valence-electron chi connectivity index (χ0n) is 10.9. The van der Waals surface area contributed by atoms with Gasteiger partial charge in [0.15, 0.2) is 11.5 Å². The number of urea groups is 1. The van der Waals surface area contributed by atoms with Crippen LogP contribution >= 0.6 is 15.9 Å². The highest BCUT2D eigenvalue weighted by molar-refractivity contribution is 9.10. The van der Waals surface area contributed by atoms with E-state index in [0.717, 1.165) is 16.5 Å². The van der Waals surface area contributed by atoms with Crippen molar-refractivity contribution >= 4 is 27.8 Å². The minimum atomic E-state index is -0.340. The molecular formula is C13H14BrN3O3. The normalized spacial score (nSPS) is 20.5. The second kappa shape index (κ2) is 4.97. The number of hydrogen-bond acceptors (Lipinski definition) is 4. The Kier molecular flexibility index (Phi) is 3.29. The number of aliphatic imine (C=N–C) groups is 1. The molecule has 2 aliphatic rings. The fourth-order valence-corrected chi connectivity index (χ4v) is 3.04. The fourth-order valence-electron chi connectivity index (χ4n) is 2.47. The Bertz CT molecular complexity index is 603. The lowest BCUT2D eigenvalue weighted by atomic mass is 10.0. The van der Waals surface area contributed by atoms with Crippen LogP contribution in [0.4, 0.5) is 4.79 Å². The molecule has 6 nitrogen and oxygen atoms in total. The van der Waals surface area contributed by atoms with Crippen LogP contribution in [-0.2, 0) is 0 Å². The van der Waals surface area contributed by atoms with Crippen LogP contribution in [-0.4, -0.2) is 30.1 Å². The lowest BCUT2D eigenvalue weighted by Crippen LogP contribution is -2.33. The molecule has 1 unspecified atom stereocenters. The van der Waals surface area contributed by atoms with Gasteiger partial charge in [0, 0.05) is 6.54 Å². The maximum atomic E-state index is 11.9. The van der Waals surface area contributed by atoms with Crippen molar-refractivity contribution in [1.29, 1.82) is 0 Å². The molecule has 1 aromatic carbocycles. The van der Waals surface area contributed by atoms with Gasteiger partial charge >= 0.3 is 6.03 Å². The maximum absolute atomic E-state index is 11.9. The molecule has 0 fully saturated rings. The van der Waals surface area contributed by atoms with Crippen LogP contribution in [0.3, 0.4) is 0 Å². The summed E-state index contributed by atoms with van der Waals surface area (Å²) in [7, 11) is 0. The minimum Gasteiger partial charge on any atom is -0.454 e. The Hall–Kier alpha value is -1.76. The second-order valence-electron chi connectivity index (χ2n) is 4.65. The predicted octanol–water partition coefficient (Wildman–Crippen LogP) is 2.42. The third-order valence-electron chi connectivity index (χ3n) is 3.29. The van der Waals surface area contributed by atoms with E-state index in [0.29, 0.717) is 23.9 Å². The number of hydrogen-bond donors (Lipinski definition) is 1. The molecule has 0 aliphatic carbocycles. The van der Waals surface area contributed by atoms with Gasteiger partial charge in [0.05, 0.1) is 4.47 Å². The Balaban J connectivity index is 2.01. The van der Waals surface area contributed by atoms with Crippen LogP contribution in [0.2, 0.25) is 0 Å². The van der Waals surface area contributed by atoms with Gasteiger partial charge < -0.3 is 20.1 Å². The molecule has 0 spiro atoms. The number of fused-ring (bicyclic) bond motifs is 1. The largest absolute Gasteiger partial charge is 0.454 e. The van der Waals surface area contributed by atoms with Crippen LogP contribution in [0.5, 0.6) is 11.5 Å². The summed E-state index contributed by atoms with van der Waals surface area (Å²) in [5.74, 6) is 1.64. The van der Waals surface area contributed by atoms with Gasteiger partial charge in [0.2, 0.25) is 6.79 Å². The number of nitrogens with two attached hydrogens (primary N) is 1. The number of rotatable bonds is 3. The lowest BCUT2D eigenvalue weighted by Gasteiger charge is -2.24. The lowest BCUT2D eigenvalue weighted by molar-refractivity contribution is 0.173. The number of nitrogens with zero attached hydrogens (tertiary/aromatic N) is 2. The quantitative estimate of drug-likeness (QED) is 0.917. The highest BCUT2D eigenvalue weighted by atomic mass is 79.9. The molecule has 106 valence electrons. The van der Waals surface area contributed by atoms with Gasteiger partial charge in [-0.1, -0.05) is 6.92 Å². The van der Waals surface area contributed by atoms with E-state index in [1.54, 1.807) is 4.90 Å². The molecule has 0 aromatic heterocycles. The van der Waals surface area contributed by atoms with Crippen molar-refractivity contribution in [2.75, 3.05) is 13.3 Å². The van der Waals surface area contributed by atoms with Crippen molar-refractivity contribution < 1.29 is 14.3 Å². The molecule has 1 atom stereocenters. The number of amides is 2. The zero-order chi connectivity index (χ0) is 14.3. The van der Waals surface area contributed by atoms with Gasteiger partial charge in [-0.25, -0.2) is 4.79 Å². The standard InChI is InChI=1S/C13H14BrN3O3/c1-2-3-17-10(12(15)16-13(17)18)7-4-8(14)11-9(5-7)19-6-20-11/h4-5,10H,2-3,6H2,1H3,(H2,15,16,18).